The van der Waals surface area contributed by atoms with Crippen molar-refractivity contribution in [1.82, 2.24) is 0 Å². The van der Waals surface area contributed by atoms with Gasteiger partial charge in [0.1, 0.15) is 0 Å². The molecule has 0 aromatic heterocycles. The Morgan fingerprint density at radius 3 is 1.30 bits per heavy atom. The Balaban J connectivity index is 1.63. The molecule has 0 aromatic carbocycles. The molecule has 2 rings (SSSR count). The maximum atomic E-state index is 6.02. The van der Waals surface area contributed by atoms with Crippen LogP contribution in [0.15, 0.2) is 0 Å². The van der Waals surface area contributed by atoms with Gasteiger partial charge >= 0.3 is 0 Å². The molecular formula is C16H34N2O2+2. The molecule has 20 heavy (non-hydrogen) atoms. The van der Waals surface area contributed by atoms with Crippen LogP contribution < -0.4 is 0 Å². The molecule has 4 nitrogen and oxygen atoms in total. The highest BCUT2D eigenvalue weighted by molar-refractivity contribution is 4.54. The van der Waals surface area contributed by atoms with E-state index in [9.17, 15) is 0 Å². The lowest BCUT2D eigenvalue weighted by molar-refractivity contribution is -0.944. The van der Waals surface area contributed by atoms with E-state index >= 15 is 0 Å². The maximum Gasteiger partial charge on any atom is 0.190 e. The zero-order chi connectivity index (χ0) is 14.6. The quantitative estimate of drug-likeness (QED) is 0.528. The van der Waals surface area contributed by atoms with Gasteiger partial charge in [-0.1, -0.05) is 0 Å². The van der Waals surface area contributed by atoms with E-state index in [4.69, 9.17) is 9.47 Å². The Hall–Kier alpha value is -0.160. The Bertz CT molecular complexity index is 267. The molecule has 0 bridgehead atoms. The smallest absolute Gasteiger partial charge is 0.190 e. The molecule has 0 radical (unpaired) electrons. The molecule has 0 N–H and O–H groups in total. The van der Waals surface area contributed by atoms with Crippen LogP contribution in [0, 0.1) is 0 Å². The zero-order valence-electron chi connectivity index (χ0n) is 13.9. The first-order valence-corrected chi connectivity index (χ1v) is 8.38. The van der Waals surface area contributed by atoms with Gasteiger partial charge in [-0.25, -0.2) is 0 Å². The lowest BCUT2D eigenvalue weighted by atomic mass is 10.4. The summed E-state index contributed by atoms with van der Waals surface area (Å²) in [7, 11) is 4.63. The van der Waals surface area contributed by atoms with Crippen molar-refractivity contribution in [3.63, 3.8) is 0 Å². The molecule has 2 fully saturated rings. The van der Waals surface area contributed by atoms with Gasteiger partial charge in [-0.2, -0.15) is 0 Å². The van der Waals surface area contributed by atoms with Crippen molar-refractivity contribution in [2.24, 2.45) is 0 Å². The summed E-state index contributed by atoms with van der Waals surface area (Å²) in [6.45, 7) is 10.9. The lowest BCUT2D eigenvalue weighted by Gasteiger charge is -2.36. The minimum Gasteiger partial charge on any atom is -0.327 e. The number of hydrogen-bond donors (Lipinski definition) is 0. The summed E-state index contributed by atoms with van der Waals surface area (Å²) >= 11 is 0. The average Bonchev–Trinajstić information content (AvgIpc) is 3.05. The molecule has 2 saturated heterocycles. The van der Waals surface area contributed by atoms with Gasteiger partial charge in [0.05, 0.1) is 53.5 Å². The van der Waals surface area contributed by atoms with Gasteiger partial charge < -0.3 is 18.4 Å². The highest BCUT2D eigenvalue weighted by Gasteiger charge is 2.35. The van der Waals surface area contributed by atoms with Gasteiger partial charge in [-0.3, -0.25) is 0 Å². The number of rotatable bonds is 7. The molecular weight excluding hydrogens is 252 g/mol. The predicted octanol–water partition coefficient (Wildman–Crippen LogP) is 2.19. The molecule has 2 aliphatic rings. The number of hydrogen-bond acceptors (Lipinski definition) is 2. The minimum absolute atomic E-state index is 0.299. The summed E-state index contributed by atoms with van der Waals surface area (Å²) in [5, 5.41) is 0. The monoisotopic (exact) mass is 286 g/mol. The standard InChI is InChI=1S/C16H34N2O2/c1-15(17(3)9-5-6-10-17)19-13-14-20-16(2)18(4)11-7-8-12-18/h15-16H,5-14H2,1-4H3/q+2. The summed E-state index contributed by atoms with van der Waals surface area (Å²) in [6, 6.07) is 0. The molecule has 0 amide bonds. The Labute approximate surface area is 124 Å². The van der Waals surface area contributed by atoms with Crippen molar-refractivity contribution >= 4 is 0 Å². The van der Waals surface area contributed by atoms with Crippen LogP contribution in [-0.2, 0) is 9.47 Å². The number of ether oxygens (including phenoxy) is 2. The number of quaternary nitrogens is 2. The summed E-state index contributed by atoms with van der Waals surface area (Å²) < 4.78 is 14.2. The summed E-state index contributed by atoms with van der Waals surface area (Å²) in [5.41, 5.74) is 0. The van der Waals surface area contributed by atoms with Gasteiger partial charge in [-0.05, 0) is 0 Å². The molecule has 0 aliphatic carbocycles. The topological polar surface area (TPSA) is 18.5 Å². The van der Waals surface area contributed by atoms with Gasteiger partial charge in [0.15, 0.2) is 12.5 Å². The SMILES string of the molecule is CC(OCCOC(C)[N+]1(C)CCCC1)[N+]1(C)CCCC1. The van der Waals surface area contributed by atoms with Crippen molar-refractivity contribution in [3.8, 4) is 0 Å². The number of likely N-dealkylation sites (tertiary alicyclic amines) is 2. The second-order valence-corrected chi connectivity index (χ2v) is 7.21. The molecule has 0 saturated carbocycles. The van der Waals surface area contributed by atoms with Gasteiger partial charge in [0.25, 0.3) is 0 Å². The first-order valence-electron chi connectivity index (χ1n) is 8.38. The van der Waals surface area contributed by atoms with Crippen LogP contribution in [0.2, 0.25) is 0 Å². The molecule has 0 spiro atoms. The largest absolute Gasteiger partial charge is 0.327 e. The van der Waals surface area contributed by atoms with E-state index in [1.54, 1.807) is 0 Å². The maximum absolute atomic E-state index is 6.02. The van der Waals surface area contributed by atoms with Crippen LogP contribution >= 0.6 is 0 Å². The zero-order valence-corrected chi connectivity index (χ0v) is 13.9. The molecule has 118 valence electrons. The minimum atomic E-state index is 0.299. The lowest BCUT2D eigenvalue weighted by Crippen LogP contribution is -2.51. The van der Waals surface area contributed by atoms with E-state index in [0.717, 1.165) is 22.2 Å². The van der Waals surface area contributed by atoms with E-state index in [1.165, 1.54) is 51.9 Å². The van der Waals surface area contributed by atoms with Gasteiger partial charge in [-0.15, -0.1) is 0 Å². The van der Waals surface area contributed by atoms with Crippen molar-refractivity contribution in [2.45, 2.75) is 52.0 Å². The molecule has 2 aliphatic heterocycles. The first-order chi connectivity index (χ1) is 9.46. The van der Waals surface area contributed by atoms with Crippen LogP contribution in [-0.4, -0.2) is 74.9 Å². The fraction of sp³-hybridized carbons (Fsp3) is 1.00. The number of nitrogens with zero attached hydrogens (tertiary/aromatic N) is 2. The van der Waals surface area contributed by atoms with Crippen molar-refractivity contribution in [3.05, 3.63) is 0 Å². The normalized spacial score (nSPS) is 27.6. The van der Waals surface area contributed by atoms with Crippen LogP contribution in [0.25, 0.3) is 0 Å². The highest BCUT2D eigenvalue weighted by Crippen LogP contribution is 2.22. The molecule has 4 heteroatoms. The average molecular weight is 286 g/mol. The third-order valence-electron chi connectivity index (χ3n) is 5.73. The summed E-state index contributed by atoms with van der Waals surface area (Å²) in [4.78, 5) is 0. The molecule has 2 unspecified atom stereocenters. The predicted molar refractivity (Wildman–Crippen MR) is 81.1 cm³/mol. The van der Waals surface area contributed by atoms with E-state index in [0.29, 0.717) is 12.5 Å². The Morgan fingerprint density at radius 2 is 1.00 bits per heavy atom. The van der Waals surface area contributed by atoms with Crippen molar-refractivity contribution in [1.29, 1.82) is 0 Å². The Morgan fingerprint density at radius 1 is 0.700 bits per heavy atom. The van der Waals surface area contributed by atoms with Gasteiger partial charge in [0.2, 0.25) is 0 Å². The van der Waals surface area contributed by atoms with Crippen molar-refractivity contribution in [2.75, 3.05) is 53.5 Å². The highest BCUT2D eigenvalue weighted by atomic mass is 16.6. The van der Waals surface area contributed by atoms with Crippen LogP contribution in [0.3, 0.4) is 0 Å². The summed E-state index contributed by atoms with van der Waals surface area (Å²) in [5.74, 6) is 0. The first kappa shape index (κ1) is 16.2. The molecule has 2 atom stereocenters. The van der Waals surface area contributed by atoms with Gasteiger partial charge in [0, 0.05) is 39.5 Å². The fourth-order valence-corrected chi connectivity index (χ4v) is 3.64. The third-order valence-corrected chi connectivity index (χ3v) is 5.73. The van der Waals surface area contributed by atoms with E-state index in [1.807, 2.05) is 0 Å². The van der Waals surface area contributed by atoms with E-state index < -0.39 is 0 Å². The second kappa shape index (κ2) is 6.73. The van der Waals surface area contributed by atoms with Crippen LogP contribution in [0.4, 0.5) is 0 Å². The van der Waals surface area contributed by atoms with Crippen LogP contribution in [0.5, 0.6) is 0 Å². The Kier molecular flexibility index (Phi) is 5.46. The van der Waals surface area contributed by atoms with Crippen LogP contribution in [0.1, 0.15) is 39.5 Å². The van der Waals surface area contributed by atoms with E-state index in [-0.39, 0.29) is 0 Å². The summed E-state index contributed by atoms with van der Waals surface area (Å²) in [6.07, 6.45) is 5.96. The fourth-order valence-electron chi connectivity index (χ4n) is 3.64. The molecule has 2 heterocycles. The third kappa shape index (κ3) is 3.73. The van der Waals surface area contributed by atoms with E-state index in [2.05, 4.69) is 27.9 Å². The van der Waals surface area contributed by atoms with Crippen molar-refractivity contribution < 1.29 is 18.4 Å². The molecule has 0 aromatic rings. The second-order valence-electron chi connectivity index (χ2n) is 7.21.